The van der Waals surface area contributed by atoms with E-state index in [0.29, 0.717) is 23.7 Å². The van der Waals surface area contributed by atoms with Crippen LogP contribution in [0.2, 0.25) is 0 Å². The first kappa shape index (κ1) is 26.8. The zero-order chi connectivity index (χ0) is 26.5. The SMILES string of the molecule is COc1cccc(C2CCCN2C(=O)[C@H](O)[C@@H](O)C(=O)NCc2nc(Cc3c(C)cccc3C)cs2)c1. The summed E-state index contributed by atoms with van der Waals surface area (Å²) in [5, 5.41) is 26.2. The van der Waals surface area contributed by atoms with Crippen molar-refractivity contribution in [3.63, 3.8) is 0 Å². The quantitative estimate of drug-likeness (QED) is 0.398. The first-order valence-electron chi connectivity index (χ1n) is 12.3. The van der Waals surface area contributed by atoms with Gasteiger partial charge in [-0.1, -0.05) is 30.3 Å². The van der Waals surface area contributed by atoms with E-state index in [1.807, 2.05) is 35.7 Å². The second kappa shape index (κ2) is 11.9. The third-order valence-electron chi connectivity index (χ3n) is 6.85. The number of carbonyl (C=O) groups excluding carboxylic acids is 2. The zero-order valence-corrected chi connectivity index (χ0v) is 22.1. The molecule has 1 fully saturated rings. The number of thiazole rings is 1. The molecule has 1 aliphatic heterocycles. The third-order valence-corrected chi connectivity index (χ3v) is 7.75. The summed E-state index contributed by atoms with van der Waals surface area (Å²) in [5.74, 6) is -0.807. The van der Waals surface area contributed by atoms with Crippen LogP contribution in [0, 0.1) is 13.8 Å². The summed E-state index contributed by atoms with van der Waals surface area (Å²) in [6.07, 6.45) is -1.56. The van der Waals surface area contributed by atoms with Crippen LogP contribution in [0.1, 0.15) is 51.8 Å². The van der Waals surface area contributed by atoms with Crippen molar-refractivity contribution in [1.29, 1.82) is 0 Å². The van der Waals surface area contributed by atoms with Gasteiger partial charge in [0.2, 0.25) is 0 Å². The monoisotopic (exact) mass is 523 g/mol. The molecule has 2 aromatic carbocycles. The van der Waals surface area contributed by atoms with Crippen LogP contribution in [0.15, 0.2) is 47.8 Å². The van der Waals surface area contributed by atoms with Crippen molar-refractivity contribution in [1.82, 2.24) is 15.2 Å². The van der Waals surface area contributed by atoms with Gasteiger partial charge in [0.05, 0.1) is 25.4 Å². The number of hydrogen-bond donors (Lipinski definition) is 3. The molecular weight excluding hydrogens is 490 g/mol. The summed E-state index contributed by atoms with van der Waals surface area (Å²) in [7, 11) is 1.58. The number of amides is 2. The lowest BCUT2D eigenvalue weighted by molar-refractivity contribution is -0.153. The van der Waals surface area contributed by atoms with E-state index in [9.17, 15) is 19.8 Å². The Bertz CT molecular complexity index is 1240. The fourth-order valence-corrected chi connectivity index (χ4v) is 5.50. The second-order valence-electron chi connectivity index (χ2n) is 9.35. The molecule has 0 radical (unpaired) electrons. The molecule has 0 aliphatic carbocycles. The minimum Gasteiger partial charge on any atom is -0.497 e. The highest BCUT2D eigenvalue weighted by molar-refractivity contribution is 7.09. The van der Waals surface area contributed by atoms with Crippen LogP contribution in [0.4, 0.5) is 0 Å². The normalized spacial score (nSPS) is 16.9. The van der Waals surface area contributed by atoms with Gasteiger partial charge < -0.3 is 25.2 Å². The molecule has 0 saturated carbocycles. The van der Waals surface area contributed by atoms with Crippen LogP contribution in [0.5, 0.6) is 5.75 Å². The highest BCUT2D eigenvalue weighted by Crippen LogP contribution is 2.34. The average molecular weight is 524 g/mol. The van der Waals surface area contributed by atoms with Gasteiger partial charge in [-0.25, -0.2) is 4.98 Å². The molecule has 8 nitrogen and oxygen atoms in total. The predicted molar refractivity (Wildman–Crippen MR) is 141 cm³/mol. The van der Waals surface area contributed by atoms with E-state index in [1.165, 1.54) is 32.9 Å². The van der Waals surface area contributed by atoms with Gasteiger partial charge in [0.1, 0.15) is 10.8 Å². The van der Waals surface area contributed by atoms with Crippen molar-refractivity contribution >= 4 is 23.2 Å². The Balaban J connectivity index is 1.34. The van der Waals surface area contributed by atoms with Gasteiger partial charge in [-0.05, 0) is 61.1 Å². The van der Waals surface area contributed by atoms with Gasteiger partial charge in [-0.15, -0.1) is 11.3 Å². The van der Waals surface area contributed by atoms with E-state index in [2.05, 4.69) is 36.3 Å². The molecule has 3 aromatic rings. The molecule has 2 amide bonds. The van der Waals surface area contributed by atoms with Crippen molar-refractivity contribution in [2.75, 3.05) is 13.7 Å². The zero-order valence-electron chi connectivity index (χ0n) is 21.3. The number of methoxy groups -OCH3 is 1. The average Bonchev–Trinajstić information content (AvgIpc) is 3.58. The summed E-state index contributed by atoms with van der Waals surface area (Å²) < 4.78 is 5.28. The summed E-state index contributed by atoms with van der Waals surface area (Å²) in [6.45, 7) is 4.69. The molecule has 0 bridgehead atoms. The van der Waals surface area contributed by atoms with Gasteiger partial charge in [0.25, 0.3) is 11.8 Å². The Morgan fingerprint density at radius 1 is 1.16 bits per heavy atom. The molecule has 9 heteroatoms. The van der Waals surface area contributed by atoms with E-state index < -0.39 is 24.0 Å². The number of likely N-dealkylation sites (tertiary alicyclic amines) is 1. The van der Waals surface area contributed by atoms with E-state index in [4.69, 9.17) is 4.74 Å². The lowest BCUT2D eigenvalue weighted by Crippen LogP contribution is -2.50. The highest BCUT2D eigenvalue weighted by atomic mass is 32.1. The van der Waals surface area contributed by atoms with Crippen molar-refractivity contribution in [2.24, 2.45) is 0 Å². The van der Waals surface area contributed by atoms with Crippen LogP contribution in [-0.4, -0.2) is 57.8 Å². The molecule has 3 atom stereocenters. The van der Waals surface area contributed by atoms with E-state index in [-0.39, 0.29) is 12.6 Å². The van der Waals surface area contributed by atoms with Crippen LogP contribution < -0.4 is 10.1 Å². The number of nitrogens with one attached hydrogen (secondary N) is 1. The summed E-state index contributed by atoms with van der Waals surface area (Å²) in [4.78, 5) is 31.7. The number of aromatic nitrogens is 1. The smallest absolute Gasteiger partial charge is 0.255 e. The number of aliphatic hydroxyl groups is 2. The molecule has 0 spiro atoms. The molecule has 1 aliphatic rings. The van der Waals surface area contributed by atoms with Gasteiger partial charge in [0, 0.05) is 18.3 Å². The topological polar surface area (TPSA) is 112 Å². The van der Waals surface area contributed by atoms with Gasteiger partial charge in [0.15, 0.2) is 12.2 Å². The molecule has 3 N–H and O–H groups in total. The van der Waals surface area contributed by atoms with Crippen LogP contribution in [0.3, 0.4) is 0 Å². The Labute approximate surface area is 220 Å². The molecule has 2 heterocycles. The van der Waals surface area contributed by atoms with Gasteiger partial charge >= 0.3 is 0 Å². The molecule has 1 aromatic heterocycles. The molecule has 1 saturated heterocycles. The van der Waals surface area contributed by atoms with Gasteiger partial charge in [-0.3, -0.25) is 9.59 Å². The van der Waals surface area contributed by atoms with Crippen molar-refractivity contribution in [2.45, 2.75) is 57.9 Å². The van der Waals surface area contributed by atoms with E-state index in [0.717, 1.165) is 24.1 Å². The van der Waals surface area contributed by atoms with Crippen molar-refractivity contribution in [3.8, 4) is 5.75 Å². The minimum atomic E-state index is -1.88. The molecular formula is C28H33N3O5S. The molecule has 37 heavy (non-hydrogen) atoms. The summed E-state index contributed by atoms with van der Waals surface area (Å²) >= 11 is 1.41. The number of carbonyl (C=O) groups is 2. The van der Waals surface area contributed by atoms with E-state index in [1.54, 1.807) is 7.11 Å². The van der Waals surface area contributed by atoms with E-state index >= 15 is 0 Å². The van der Waals surface area contributed by atoms with Crippen molar-refractivity contribution < 1.29 is 24.5 Å². The second-order valence-corrected chi connectivity index (χ2v) is 10.3. The molecule has 4 rings (SSSR count). The largest absolute Gasteiger partial charge is 0.497 e. The van der Waals surface area contributed by atoms with Gasteiger partial charge in [-0.2, -0.15) is 0 Å². The summed E-state index contributed by atoms with van der Waals surface area (Å²) in [6, 6.07) is 13.4. The third kappa shape index (κ3) is 6.18. The van der Waals surface area contributed by atoms with Crippen molar-refractivity contribution in [3.05, 3.63) is 80.8 Å². The fraction of sp³-hybridized carbons (Fsp3) is 0.393. The minimum absolute atomic E-state index is 0.102. The maximum atomic E-state index is 13.0. The van der Waals surface area contributed by atoms with Crippen LogP contribution in [0.25, 0.3) is 0 Å². The standard InChI is InChI=1S/C28H33N3O5S/c1-17-7-4-8-18(2)22(17)14-20-16-37-24(30-20)15-29-27(34)25(32)26(33)28(35)31-12-6-11-23(31)19-9-5-10-21(13-19)36-3/h4-5,7-10,13,16,23,25-26,32-33H,6,11-12,14-15H2,1-3H3,(H,29,34)/t23?,25-,26-/m1/s1. The number of aliphatic hydroxyl groups excluding tert-OH is 2. The highest BCUT2D eigenvalue weighted by Gasteiger charge is 2.38. The number of rotatable bonds is 9. The Morgan fingerprint density at radius 2 is 1.89 bits per heavy atom. The molecule has 1 unspecified atom stereocenters. The number of aryl methyl sites for hydroxylation is 2. The van der Waals surface area contributed by atoms with Crippen LogP contribution >= 0.6 is 11.3 Å². The lowest BCUT2D eigenvalue weighted by Gasteiger charge is -2.28. The summed E-state index contributed by atoms with van der Waals surface area (Å²) in [5.41, 5.74) is 5.43. The number of nitrogens with zero attached hydrogens (tertiary/aromatic N) is 2. The van der Waals surface area contributed by atoms with Crippen LogP contribution in [-0.2, 0) is 22.6 Å². The maximum absolute atomic E-state index is 13.0. The first-order chi connectivity index (χ1) is 17.8. The Hall–Kier alpha value is -3.27. The maximum Gasteiger partial charge on any atom is 0.255 e. The first-order valence-corrected chi connectivity index (χ1v) is 13.2. The molecule has 196 valence electrons. The predicted octanol–water partition coefficient (Wildman–Crippen LogP) is 3.06. The fourth-order valence-electron chi connectivity index (χ4n) is 4.76. The number of ether oxygens (including phenoxy) is 1. The Morgan fingerprint density at radius 3 is 2.62 bits per heavy atom. The Kier molecular flexibility index (Phi) is 8.58. The number of benzene rings is 2. The number of hydrogen-bond acceptors (Lipinski definition) is 7. The lowest BCUT2D eigenvalue weighted by atomic mass is 9.99.